The van der Waals surface area contributed by atoms with Gasteiger partial charge in [-0.15, -0.1) is 11.3 Å². The molecule has 2 atom stereocenters. The van der Waals surface area contributed by atoms with Crippen LogP contribution in [0.3, 0.4) is 0 Å². The van der Waals surface area contributed by atoms with Gasteiger partial charge in [0.05, 0.1) is 16.6 Å². The van der Waals surface area contributed by atoms with E-state index in [-0.39, 0.29) is 18.4 Å². The third-order valence-corrected chi connectivity index (χ3v) is 5.75. The molecule has 6 heteroatoms. The maximum Gasteiger partial charge on any atom is 0.308 e. The van der Waals surface area contributed by atoms with Crippen LogP contribution in [0.25, 0.3) is 0 Å². The topological polar surface area (TPSA) is 70.5 Å². The third kappa shape index (κ3) is 3.80. The summed E-state index contributed by atoms with van der Waals surface area (Å²) in [6.45, 7) is 6.78. The van der Waals surface area contributed by atoms with Crippen molar-refractivity contribution in [2.24, 2.45) is 11.8 Å². The molecule has 1 amide bonds. The van der Waals surface area contributed by atoms with Crippen LogP contribution in [0, 0.1) is 18.8 Å². The molecule has 1 aromatic carbocycles. The van der Waals surface area contributed by atoms with Crippen molar-refractivity contribution in [1.82, 2.24) is 9.88 Å². The predicted octanol–water partition coefficient (Wildman–Crippen LogP) is 3.59. The Balaban J connectivity index is 1.86. The molecule has 0 radical (unpaired) electrons. The molecule has 0 saturated carbocycles. The maximum absolute atomic E-state index is 13.1. The first kappa shape index (κ1) is 18.6. The highest BCUT2D eigenvalue weighted by molar-refractivity contribution is 7.13. The number of aromatic nitrogens is 1. The summed E-state index contributed by atoms with van der Waals surface area (Å²) in [6.07, 6.45) is 0.754. The van der Waals surface area contributed by atoms with Crippen molar-refractivity contribution in [3.8, 4) is 0 Å². The Labute approximate surface area is 157 Å². The highest BCUT2D eigenvalue weighted by Gasteiger charge is 2.41. The SMILES string of the molecule is Cc1nc(CC(C)C)c(C(=O)N2CC(C(=O)O)C(c3ccccc3)C2)s1. The van der Waals surface area contributed by atoms with E-state index in [2.05, 4.69) is 18.8 Å². The monoisotopic (exact) mass is 372 g/mol. The summed E-state index contributed by atoms with van der Waals surface area (Å²) in [4.78, 5) is 31.7. The number of aryl methyl sites for hydroxylation is 1. The van der Waals surface area contributed by atoms with Crippen LogP contribution in [0.4, 0.5) is 0 Å². The number of aliphatic carboxylic acids is 1. The molecule has 2 unspecified atom stereocenters. The number of benzene rings is 1. The van der Waals surface area contributed by atoms with Gasteiger partial charge < -0.3 is 10.0 Å². The number of likely N-dealkylation sites (tertiary alicyclic amines) is 1. The molecule has 2 heterocycles. The van der Waals surface area contributed by atoms with E-state index in [1.54, 1.807) is 4.90 Å². The van der Waals surface area contributed by atoms with Gasteiger partial charge in [-0.1, -0.05) is 44.2 Å². The molecule has 1 saturated heterocycles. The van der Waals surface area contributed by atoms with E-state index in [0.717, 1.165) is 22.7 Å². The minimum Gasteiger partial charge on any atom is -0.481 e. The molecule has 1 aliphatic heterocycles. The van der Waals surface area contributed by atoms with Crippen LogP contribution in [0.1, 0.15) is 45.7 Å². The second kappa shape index (κ2) is 7.58. The molecule has 0 aliphatic carbocycles. The number of carbonyl (C=O) groups is 2. The Bertz CT molecular complexity index is 801. The van der Waals surface area contributed by atoms with Crippen LogP contribution in [0.2, 0.25) is 0 Å². The predicted molar refractivity (Wildman–Crippen MR) is 102 cm³/mol. The Kier molecular flexibility index (Phi) is 5.41. The van der Waals surface area contributed by atoms with E-state index >= 15 is 0 Å². The van der Waals surface area contributed by atoms with Crippen molar-refractivity contribution in [3.63, 3.8) is 0 Å². The van der Waals surface area contributed by atoms with E-state index in [1.165, 1.54) is 11.3 Å². The molecule has 0 bridgehead atoms. The molecule has 26 heavy (non-hydrogen) atoms. The standard InChI is InChI=1S/C20H24N2O3S/c1-12(2)9-17-18(26-13(3)21-17)19(23)22-10-15(16(11-22)20(24)25)14-7-5-4-6-8-14/h4-8,12,15-16H,9-11H2,1-3H3,(H,24,25). The Morgan fingerprint density at radius 3 is 2.58 bits per heavy atom. The van der Waals surface area contributed by atoms with Crippen molar-refractivity contribution < 1.29 is 14.7 Å². The largest absolute Gasteiger partial charge is 0.481 e. The van der Waals surface area contributed by atoms with Crippen molar-refractivity contribution in [2.45, 2.75) is 33.1 Å². The van der Waals surface area contributed by atoms with Crippen LogP contribution in [-0.4, -0.2) is 40.0 Å². The average Bonchev–Trinajstić information content (AvgIpc) is 3.18. The van der Waals surface area contributed by atoms with Crippen LogP contribution >= 0.6 is 11.3 Å². The van der Waals surface area contributed by atoms with E-state index in [1.807, 2.05) is 37.3 Å². The van der Waals surface area contributed by atoms with Crippen LogP contribution < -0.4 is 0 Å². The molecule has 5 nitrogen and oxygen atoms in total. The average molecular weight is 372 g/mol. The molecule has 3 rings (SSSR count). The van der Waals surface area contributed by atoms with Gasteiger partial charge in [0.15, 0.2) is 0 Å². The summed E-state index contributed by atoms with van der Waals surface area (Å²) in [5.74, 6) is -1.29. The zero-order valence-electron chi connectivity index (χ0n) is 15.3. The van der Waals surface area contributed by atoms with Crippen molar-refractivity contribution in [3.05, 3.63) is 51.5 Å². The van der Waals surface area contributed by atoms with Gasteiger partial charge in [0.25, 0.3) is 5.91 Å². The molecule has 2 aromatic rings. The van der Waals surface area contributed by atoms with Crippen molar-refractivity contribution >= 4 is 23.2 Å². The number of rotatable bonds is 5. The number of hydrogen-bond acceptors (Lipinski definition) is 4. The Hall–Kier alpha value is -2.21. The van der Waals surface area contributed by atoms with Gasteiger partial charge >= 0.3 is 5.97 Å². The Morgan fingerprint density at radius 1 is 1.27 bits per heavy atom. The second-order valence-electron chi connectivity index (χ2n) is 7.28. The normalized spacial score (nSPS) is 19.9. The summed E-state index contributed by atoms with van der Waals surface area (Å²) in [5, 5.41) is 10.5. The lowest BCUT2D eigenvalue weighted by atomic mass is 9.89. The quantitative estimate of drug-likeness (QED) is 0.871. The zero-order valence-corrected chi connectivity index (χ0v) is 16.1. The van der Waals surface area contributed by atoms with Gasteiger partial charge in [0.2, 0.25) is 0 Å². The fraction of sp³-hybridized carbons (Fsp3) is 0.450. The summed E-state index contributed by atoms with van der Waals surface area (Å²) in [5.41, 5.74) is 1.81. The number of thiazole rings is 1. The van der Waals surface area contributed by atoms with E-state index in [4.69, 9.17) is 0 Å². The molecule has 1 aromatic heterocycles. The van der Waals surface area contributed by atoms with Gasteiger partial charge in [-0.3, -0.25) is 9.59 Å². The number of carboxylic acids is 1. The number of carboxylic acid groups (broad SMARTS) is 1. The minimum absolute atomic E-state index is 0.0871. The molecule has 1 fully saturated rings. The van der Waals surface area contributed by atoms with Crippen molar-refractivity contribution in [1.29, 1.82) is 0 Å². The summed E-state index contributed by atoms with van der Waals surface area (Å²) >= 11 is 1.41. The maximum atomic E-state index is 13.1. The minimum atomic E-state index is -0.850. The highest BCUT2D eigenvalue weighted by Crippen LogP contribution is 2.34. The van der Waals surface area contributed by atoms with E-state index in [0.29, 0.717) is 17.3 Å². The summed E-state index contributed by atoms with van der Waals surface area (Å²) < 4.78 is 0. The molecular weight excluding hydrogens is 348 g/mol. The van der Waals surface area contributed by atoms with Crippen LogP contribution in [-0.2, 0) is 11.2 Å². The number of nitrogens with zero attached hydrogens (tertiary/aromatic N) is 2. The summed E-state index contributed by atoms with van der Waals surface area (Å²) in [7, 11) is 0. The molecule has 1 N–H and O–H groups in total. The number of amides is 1. The van der Waals surface area contributed by atoms with Gasteiger partial charge in [0.1, 0.15) is 4.88 Å². The van der Waals surface area contributed by atoms with E-state index < -0.39 is 11.9 Å². The highest BCUT2D eigenvalue weighted by atomic mass is 32.1. The third-order valence-electron chi connectivity index (χ3n) is 4.75. The lowest BCUT2D eigenvalue weighted by Gasteiger charge is -2.16. The molecule has 1 aliphatic rings. The lowest BCUT2D eigenvalue weighted by molar-refractivity contribution is -0.141. The van der Waals surface area contributed by atoms with Gasteiger partial charge in [-0.2, -0.15) is 0 Å². The number of hydrogen-bond donors (Lipinski definition) is 1. The fourth-order valence-electron chi connectivity index (χ4n) is 3.56. The first-order valence-electron chi connectivity index (χ1n) is 8.90. The first-order valence-corrected chi connectivity index (χ1v) is 9.71. The van der Waals surface area contributed by atoms with Gasteiger partial charge in [-0.25, -0.2) is 4.98 Å². The van der Waals surface area contributed by atoms with Gasteiger partial charge in [0, 0.05) is 19.0 Å². The first-order chi connectivity index (χ1) is 12.4. The van der Waals surface area contributed by atoms with Gasteiger partial charge in [-0.05, 0) is 24.8 Å². The molecule has 0 spiro atoms. The number of carbonyl (C=O) groups excluding carboxylic acids is 1. The van der Waals surface area contributed by atoms with Crippen LogP contribution in [0.15, 0.2) is 30.3 Å². The molecular formula is C20H24N2O3S. The zero-order chi connectivity index (χ0) is 18.8. The fourth-order valence-corrected chi connectivity index (χ4v) is 4.48. The lowest BCUT2D eigenvalue weighted by Crippen LogP contribution is -2.30. The smallest absolute Gasteiger partial charge is 0.308 e. The van der Waals surface area contributed by atoms with Crippen molar-refractivity contribution in [2.75, 3.05) is 13.1 Å². The second-order valence-corrected chi connectivity index (χ2v) is 8.48. The Morgan fingerprint density at radius 2 is 1.96 bits per heavy atom. The molecule has 138 valence electrons. The van der Waals surface area contributed by atoms with Crippen LogP contribution in [0.5, 0.6) is 0 Å². The summed E-state index contributed by atoms with van der Waals surface area (Å²) in [6, 6.07) is 9.61. The van der Waals surface area contributed by atoms with E-state index in [9.17, 15) is 14.7 Å².